The molecule has 1 heterocycles. The third kappa shape index (κ3) is 2.93. The Bertz CT molecular complexity index is 572. The number of nitrogens with zero attached hydrogens (tertiary/aromatic N) is 2. The monoisotopic (exact) mass is 258 g/mol. The minimum Gasteiger partial charge on any atom is -0.384 e. The number of anilines is 1. The topological polar surface area (TPSA) is 72.9 Å². The second-order valence-corrected chi connectivity index (χ2v) is 4.41. The zero-order valence-electron chi connectivity index (χ0n) is 11.2. The molecule has 0 fully saturated rings. The average molecular weight is 258 g/mol. The van der Waals surface area contributed by atoms with E-state index >= 15 is 0 Å². The first kappa shape index (κ1) is 13.1. The summed E-state index contributed by atoms with van der Waals surface area (Å²) in [5.74, 6) is 0.465. The number of hydrogen-bond donors (Lipinski definition) is 2. The van der Waals surface area contributed by atoms with Crippen molar-refractivity contribution in [1.82, 2.24) is 15.1 Å². The number of carbonyl (C=O) groups is 1. The molecule has 0 saturated heterocycles. The lowest BCUT2D eigenvalue weighted by atomic mass is 10.1. The fraction of sp³-hybridized carbons (Fsp3) is 0.286. The van der Waals surface area contributed by atoms with Crippen molar-refractivity contribution in [2.45, 2.75) is 19.9 Å². The van der Waals surface area contributed by atoms with Crippen LogP contribution in [0.1, 0.15) is 28.4 Å². The molecule has 5 heteroatoms. The molecule has 5 nitrogen and oxygen atoms in total. The van der Waals surface area contributed by atoms with Gasteiger partial charge in [0.2, 0.25) is 0 Å². The standard InChI is InChI=1S/C14H18N4O/c1-3-10-4-6-11(7-5-10)14(19)16-8-12-9-17-18(2)13(12)15/h4-7,9H,3,8,15H2,1-2H3,(H,16,19). The summed E-state index contributed by atoms with van der Waals surface area (Å²) in [5, 5.41) is 6.86. The lowest BCUT2D eigenvalue weighted by molar-refractivity contribution is 0.0951. The van der Waals surface area contributed by atoms with Crippen LogP contribution in [0.4, 0.5) is 5.82 Å². The number of nitrogens with two attached hydrogens (primary N) is 1. The first-order valence-electron chi connectivity index (χ1n) is 6.25. The van der Waals surface area contributed by atoms with E-state index in [1.165, 1.54) is 5.56 Å². The number of nitrogens with one attached hydrogen (secondary N) is 1. The van der Waals surface area contributed by atoms with Gasteiger partial charge < -0.3 is 11.1 Å². The van der Waals surface area contributed by atoms with Gasteiger partial charge in [-0.15, -0.1) is 0 Å². The maximum absolute atomic E-state index is 12.0. The van der Waals surface area contributed by atoms with E-state index in [9.17, 15) is 4.79 Å². The van der Waals surface area contributed by atoms with E-state index in [2.05, 4.69) is 17.3 Å². The molecule has 0 unspecified atom stereocenters. The van der Waals surface area contributed by atoms with Crippen LogP contribution in [-0.2, 0) is 20.0 Å². The molecule has 2 rings (SSSR count). The second kappa shape index (κ2) is 5.56. The van der Waals surface area contributed by atoms with Crippen molar-refractivity contribution in [2.24, 2.45) is 7.05 Å². The Labute approximate surface area is 112 Å². The van der Waals surface area contributed by atoms with Gasteiger partial charge in [0.15, 0.2) is 0 Å². The lowest BCUT2D eigenvalue weighted by Crippen LogP contribution is -2.23. The molecule has 2 aromatic rings. The fourth-order valence-electron chi connectivity index (χ4n) is 1.80. The van der Waals surface area contributed by atoms with Gasteiger partial charge >= 0.3 is 0 Å². The normalized spacial score (nSPS) is 10.4. The number of benzene rings is 1. The molecule has 0 spiro atoms. The summed E-state index contributed by atoms with van der Waals surface area (Å²) in [6, 6.07) is 7.60. The Morgan fingerprint density at radius 3 is 2.58 bits per heavy atom. The van der Waals surface area contributed by atoms with Crippen molar-refractivity contribution in [1.29, 1.82) is 0 Å². The first-order valence-corrected chi connectivity index (χ1v) is 6.25. The number of rotatable bonds is 4. The molecule has 0 bridgehead atoms. The molecule has 0 aliphatic rings. The van der Waals surface area contributed by atoms with Crippen molar-refractivity contribution in [3.63, 3.8) is 0 Å². The number of carbonyl (C=O) groups excluding carboxylic acids is 1. The van der Waals surface area contributed by atoms with Crippen LogP contribution in [-0.4, -0.2) is 15.7 Å². The van der Waals surface area contributed by atoms with E-state index in [-0.39, 0.29) is 5.91 Å². The molecule has 0 aliphatic carbocycles. The van der Waals surface area contributed by atoms with Crippen LogP contribution < -0.4 is 11.1 Å². The fourth-order valence-corrected chi connectivity index (χ4v) is 1.80. The summed E-state index contributed by atoms with van der Waals surface area (Å²) in [5.41, 5.74) is 8.50. The van der Waals surface area contributed by atoms with E-state index in [1.807, 2.05) is 24.3 Å². The molecule has 100 valence electrons. The van der Waals surface area contributed by atoms with E-state index in [1.54, 1.807) is 17.9 Å². The molecule has 0 atom stereocenters. The Hall–Kier alpha value is -2.30. The summed E-state index contributed by atoms with van der Waals surface area (Å²) in [7, 11) is 1.77. The molecule has 0 aliphatic heterocycles. The number of hydrogen-bond acceptors (Lipinski definition) is 3. The molecular formula is C14H18N4O. The maximum Gasteiger partial charge on any atom is 0.251 e. The summed E-state index contributed by atoms with van der Waals surface area (Å²) in [6.07, 6.45) is 2.63. The number of aromatic nitrogens is 2. The average Bonchev–Trinajstić information content (AvgIpc) is 2.76. The molecule has 0 saturated carbocycles. The van der Waals surface area contributed by atoms with Gasteiger partial charge in [0.1, 0.15) is 5.82 Å². The van der Waals surface area contributed by atoms with E-state index in [4.69, 9.17) is 5.73 Å². The highest BCUT2D eigenvalue weighted by molar-refractivity contribution is 5.94. The minimum atomic E-state index is -0.106. The Balaban J connectivity index is 1.99. The Morgan fingerprint density at radius 1 is 1.37 bits per heavy atom. The molecule has 1 amide bonds. The molecule has 1 aromatic heterocycles. The van der Waals surface area contributed by atoms with Gasteiger partial charge in [0.05, 0.1) is 6.20 Å². The second-order valence-electron chi connectivity index (χ2n) is 4.41. The van der Waals surface area contributed by atoms with Gasteiger partial charge in [0.25, 0.3) is 5.91 Å². The Morgan fingerprint density at radius 2 is 2.05 bits per heavy atom. The summed E-state index contributed by atoms with van der Waals surface area (Å²) < 4.78 is 1.58. The smallest absolute Gasteiger partial charge is 0.251 e. The van der Waals surface area contributed by atoms with E-state index in [0.717, 1.165) is 12.0 Å². The zero-order chi connectivity index (χ0) is 13.8. The van der Waals surface area contributed by atoms with Gasteiger partial charge in [-0.25, -0.2) is 0 Å². The molecular weight excluding hydrogens is 240 g/mol. The third-order valence-electron chi connectivity index (χ3n) is 3.13. The highest BCUT2D eigenvalue weighted by Gasteiger charge is 2.08. The van der Waals surface area contributed by atoms with Crippen LogP contribution in [0.25, 0.3) is 0 Å². The van der Waals surface area contributed by atoms with Crippen LogP contribution in [0.2, 0.25) is 0 Å². The Kier molecular flexibility index (Phi) is 3.85. The summed E-state index contributed by atoms with van der Waals surface area (Å²) in [6.45, 7) is 2.47. The predicted molar refractivity (Wildman–Crippen MR) is 74.6 cm³/mol. The van der Waals surface area contributed by atoms with Gasteiger partial charge in [-0.2, -0.15) is 5.10 Å². The molecule has 19 heavy (non-hydrogen) atoms. The quantitative estimate of drug-likeness (QED) is 0.872. The largest absolute Gasteiger partial charge is 0.384 e. The van der Waals surface area contributed by atoms with E-state index < -0.39 is 0 Å². The van der Waals surface area contributed by atoms with Crippen LogP contribution in [0.15, 0.2) is 30.5 Å². The van der Waals surface area contributed by atoms with E-state index in [0.29, 0.717) is 17.9 Å². The van der Waals surface area contributed by atoms with Gasteiger partial charge in [-0.1, -0.05) is 19.1 Å². The van der Waals surface area contributed by atoms with Gasteiger partial charge in [0, 0.05) is 24.7 Å². The minimum absolute atomic E-state index is 0.106. The van der Waals surface area contributed by atoms with Crippen molar-refractivity contribution in [3.8, 4) is 0 Å². The van der Waals surface area contributed by atoms with Crippen LogP contribution in [0.3, 0.4) is 0 Å². The number of aryl methyl sites for hydroxylation is 2. The molecule has 3 N–H and O–H groups in total. The SMILES string of the molecule is CCc1ccc(C(=O)NCc2cnn(C)c2N)cc1. The van der Waals surface area contributed by atoms with Crippen LogP contribution in [0, 0.1) is 0 Å². The van der Waals surface area contributed by atoms with Crippen LogP contribution >= 0.6 is 0 Å². The number of nitrogen functional groups attached to an aromatic ring is 1. The highest BCUT2D eigenvalue weighted by Crippen LogP contribution is 2.09. The predicted octanol–water partition coefficient (Wildman–Crippen LogP) is 1.49. The van der Waals surface area contributed by atoms with Crippen molar-refractivity contribution in [3.05, 3.63) is 47.2 Å². The van der Waals surface area contributed by atoms with Crippen molar-refractivity contribution >= 4 is 11.7 Å². The van der Waals surface area contributed by atoms with Crippen molar-refractivity contribution in [2.75, 3.05) is 5.73 Å². The highest BCUT2D eigenvalue weighted by atomic mass is 16.1. The third-order valence-corrected chi connectivity index (χ3v) is 3.13. The summed E-state index contributed by atoms with van der Waals surface area (Å²) >= 11 is 0. The van der Waals surface area contributed by atoms with Crippen LogP contribution in [0.5, 0.6) is 0 Å². The lowest BCUT2D eigenvalue weighted by Gasteiger charge is -2.05. The molecule has 0 radical (unpaired) electrons. The number of amides is 1. The zero-order valence-corrected chi connectivity index (χ0v) is 11.2. The summed E-state index contributed by atoms with van der Waals surface area (Å²) in [4.78, 5) is 12.0. The maximum atomic E-state index is 12.0. The van der Waals surface area contributed by atoms with Gasteiger partial charge in [-0.05, 0) is 24.1 Å². The molecule has 1 aromatic carbocycles. The van der Waals surface area contributed by atoms with Gasteiger partial charge in [-0.3, -0.25) is 9.48 Å². The van der Waals surface area contributed by atoms with Crippen molar-refractivity contribution < 1.29 is 4.79 Å². The first-order chi connectivity index (χ1) is 9.11.